The molecule has 0 saturated heterocycles. The third kappa shape index (κ3) is 7.59. The normalized spacial score (nSPS) is 13.2. The third-order valence-electron chi connectivity index (χ3n) is 2.94. The Bertz CT molecular complexity index is 424. The molecule has 1 aromatic rings. The van der Waals surface area contributed by atoms with Crippen LogP contribution in [0.1, 0.15) is 47.5 Å². The molecule has 0 N–H and O–H groups in total. The Hall–Kier alpha value is -1.71. The zero-order chi connectivity index (χ0) is 15.7. The Morgan fingerprint density at radius 1 is 1.05 bits per heavy atom. The van der Waals surface area contributed by atoms with Crippen LogP contribution in [0.15, 0.2) is 29.4 Å². The second-order valence-corrected chi connectivity index (χ2v) is 5.40. The van der Waals surface area contributed by atoms with E-state index in [2.05, 4.69) is 19.0 Å². The zero-order valence-corrected chi connectivity index (χ0v) is 13.8. The molecule has 0 aliphatic carbocycles. The summed E-state index contributed by atoms with van der Waals surface area (Å²) in [5.74, 6) is 1.72. The summed E-state index contributed by atoms with van der Waals surface area (Å²) < 4.78 is 11.4. The van der Waals surface area contributed by atoms with Gasteiger partial charge in [0.2, 0.25) is 0 Å². The summed E-state index contributed by atoms with van der Waals surface area (Å²) in [6.45, 7) is 10.6. The van der Waals surface area contributed by atoms with Gasteiger partial charge in [-0.3, -0.25) is 0 Å². The van der Waals surface area contributed by atoms with Gasteiger partial charge in [0.05, 0.1) is 18.4 Å². The van der Waals surface area contributed by atoms with Crippen molar-refractivity contribution in [2.24, 2.45) is 5.16 Å². The summed E-state index contributed by atoms with van der Waals surface area (Å²) in [5, 5.41) is 3.94. The monoisotopic (exact) mass is 293 g/mol. The lowest BCUT2D eigenvalue weighted by Crippen LogP contribution is -2.11. The summed E-state index contributed by atoms with van der Waals surface area (Å²) in [6.07, 6.45) is 2.07. The van der Waals surface area contributed by atoms with Gasteiger partial charge in [0, 0.05) is 6.42 Å². The second kappa shape index (κ2) is 9.27. The van der Waals surface area contributed by atoms with Crippen LogP contribution in [0, 0.1) is 0 Å². The SMILES string of the molecule is CCC(C)Oc1ccc(OCCC(C)ON=C(C)C)cc1. The molecule has 0 spiro atoms. The summed E-state index contributed by atoms with van der Waals surface area (Å²) in [7, 11) is 0. The lowest BCUT2D eigenvalue weighted by atomic mass is 10.3. The van der Waals surface area contributed by atoms with E-state index in [9.17, 15) is 0 Å². The highest BCUT2D eigenvalue weighted by atomic mass is 16.6. The molecule has 0 radical (unpaired) electrons. The molecule has 0 aromatic heterocycles. The predicted octanol–water partition coefficient (Wildman–Crippen LogP) is 4.43. The molecule has 4 nitrogen and oxygen atoms in total. The molecule has 1 aromatic carbocycles. The van der Waals surface area contributed by atoms with E-state index >= 15 is 0 Å². The van der Waals surface area contributed by atoms with E-state index in [-0.39, 0.29) is 12.2 Å². The van der Waals surface area contributed by atoms with Gasteiger partial charge < -0.3 is 14.3 Å². The average molecular weight is 293 g/mol. The molecular weight excluding hydrogens is 266 g/mol. The van der Waals surface area contributed by atoms with Crippen LogP contribution in [0.25, 0.3) is 0 Å². The molecule has 1 rings (SSSR count). The average Bonchev–Trinajstić information content (AvgIpc) is 2.46. The molecule has 0 heterocycles. The van der Waals surface area contributed by atoms with Crippen molar-refractivity contribution in [3.63, 3.8) is 0 Å². The predicted molar refractivity (Wildman–Crippen MR) is 86.3 cm³/mol. The minimum absolute atomic E-state index is 0.0490. The maximum atomic E-state index is 5.73. The molecule has 4 heteroatoms. The van der Waals surface area contributed by atoms with Crippen molar-refractivity contribution < 1.29 is 14.3 Å². The highest BCUT2D eigenvalue weighted by molar-refractivity contribution is 5.78. The first-order valence-corrected chi connectivity index (χ1v) is 7.57. The Morgan fingerprint density at radius 2 is 1.67 bits per heavy atom. The van der Waals surface area contributed by atoms with Gasteiger partial charge in [0.25, 0.3) is 0 Å². The summed E-state index contributed by atoms with van der Waals surface area (Å²) >= 11 is 0. The van der Waals surface area contributed by atoms with Crippen LogP contribution in [0.5, 0.6) is 11.5 Å². The smallest absolute Gasteiger partial charge is 0.128 e. The first-order valence-electron chi connectivity index (χ1n) is 7.57. The molecule has 2 unspecified atom stereocenters. The standard InChI is InChI=1S/C17H27NO3/c1-6-14(4)20-17-9-7-16(8-10-17)19-12-11-15(5)21-18-13(2)3/h7-10,14-15H,6,11-12H2,1-5H3. The number of nitrogens with zero attached hydrogens (tertiary/aromatic N) is 1. The van der Waals surface area contributed by atoms with E-state index in [1.165, 1.54) is 0 Å². The van der Waals surface area contributed by atoms with Crippen LogP contribution >= 0.6 is 0 Å². The number of ether oxygens (including phenoxy) is 2. The van der Waals surface area contributed by atoms with Crippen LogP contribution < -0.4 is 9.47 Å². The van der Waals surface area contributed by atoms with Crippen molar-refractivity contribution in [2.45, 2.75) is 59.7 Å². The van der Waals surface area contributed by atoms with Crippen LogP contribution in [-0.2, 0) is 4.84 Å². The van der Waals surface area contributed by atoms with Crippen LogP contribution in [0.4, 0.5) is 0 Å². The van der Waals surface area contributed by atoms with Gasteiger partial charge in [-0.05, 0) is 58.4 Å². The van der Waals surface area contributed by atoms with E-state index in [0.29, 0.717) is 6.61 Å². The molecule has 0 aliphatic rings. The molecule has 0 fully saturated rings. The minimum atomic E-state index is 0.0490. The molecule has 118 valence electrons. The minimum Gasteiger partial charge on any atom is -0.493 e. The molecule has 2 atom stereocenters. The van der Waals surface area contributed by atoms with Gasteiger partial charge in [-0.1, -0.05) is 12.1 Å². The van der Waals surface area contributed by atoms with E-state index < -0.39 is 0 Å². The van der Waals surface area contributed by atoms with Crippen molar-refractivity contribution in [3.8, 4) is 11.5 Å². The van der Waals surface area contributed by atoms with Crippen molar-refractivity contribution in [1.82, 2.24) is 0 Å². The van der Waals surface area contributed by atoms with E-state index in [1.807, 2.05) is 45.0 Å². The van der Waals surface area contributed by atoms with Crippen LogP contribution in [0.3, 0.4) is 0 Å². The fraction of sp³-hybridized carbons (Fsp3) is 0.588. The Labute approximate surface area is 128 Å². The van der Waals surface area contributed by atoms with E-state index in [0.717, 1.165) is 30.1 Å². The number of hydrogen-bond acceptors (Lipinski definition) is 4. The third-order valence-corrected chi connectivity index (χ3v) is 2.94. The number of benzene rings is 1. The van der Waals surface area contributed by atoms with E-state index in [4.69, 9.17) is 14.3 Å². The van der Waals surface area contributed by atoms with Crippen molar-refractivity contribution in [1.29, 1.82) is 0 Å². The Balaban J connectivity index is 2.31. The summed E-state index contributed by atoms with van der Waals surface area (Å²) in [4.78, 5) is 5.30. The number of oxime groups is 1. The molecule has 0 saturated carbocycles. The van der Waals surface area contributed by atoms with Crippen molar-refractivity contribution >= 4 is 5.71 Å². The van der Waals surface area contributed by atoms with Crippen LogP contribution in [0.2, 0.25) is 0 Å². The van der Waals surface area contributed by atoms with Gasteiger partial charge in [0.15, 0.2) is 0 Å². The van der Waals surface area contributed by atoms with Gasteiger partial charge in [-0.25, -0.2) is 0 Å². The van der Waals surface area contributed by atoms with Crippen molar-refractivity contribution in [2.75, 3.05) is 6.61 Å². The molecule has 21 heavy (non-hydrogen) atoms. The lowest BCUT2D eigenvalue weighted by molar-refractivity contribution is 0.0556. The molecule has 0 amide bonds. The van der Waals surface area contributed by atoms with Gasteiger partial charge >= 0.3 is 0 Å². The van der Waals surface area contributed by atoms with E-state index in [1.54, 1.807) is 0 Å². The topological polar surface area (TPSA) is 40.0 Å². The fourth-order valence-corrected chi connectivity index (χ4v) is 1.52. The molecule has 0 bridgehead atoms. The summed E-state index contributed by atoms with van der Waals surface area (Å²) in [5.41, 5.74) is 0.916. The zero-order valence-electron chi connectivity index (χ0n) is 13.8. The maximum Gasteiger partial charge on any atom is 0.128 e. The first-order chi connectivity index (χ1) is 10.0. The second-order valence-electron chi connectivity index (χ2n) is 5.40. The Kier molecular flexibility index (Phi) is 7.65. The lowest BCUT2D eigenvalue weighted by Gasteiger charge is -2.14. The van der Waals surface area contributed by atoms with Gasteiger partial charge in [-0.15, -0.1) is 0 Å². The van der Waals surface area contributed by atoms with Gasteiger partial charge in [-0.2, -0.15) is 0 Å². The number of rotatable bonds is 9. The molecular formula is C17H27NO3. The van der Waals surface area contributed by atoms with Crippen molar-refractivity contribution in [3.05, 3.63) is 24.3 Å². The highest BCUT2D eigenvalue weighted by Gasteiger charge is 2.04. The highest BCUT2D eigenvalue weighted by Crippen LogP contribution is 2.19. The van der Waals surface area contributed by atoms with Gasteiger partial charge in [0.1, 0.15) is 17.6 Å². The fourth-order valence-electron chi connectivity index (χ4n) is 1.52. The number of hydrogen-bond donors (Lipinski definition) is 0. The molecule has 0 aliphatic heterocycles. The summed E-state index contributed by atoms with van der Waals surface area (Å²) in [6, 6.07) is 7.73. The quantitative estimate of drug-likeness (QED) is 0.499. The first kappa shape index (κ1) is 17.3. The maximum absolute atomic E-state index is 5.73. The Morgan fingerprint density at radius 3 is 2.24 bits per heavy atom. The largest absolute Gasteiger partial charge is 0.493 e. The van der Waals surface area contributed by atoms with Crippen LogP contribution in [-0.4, -0.2) is 24.5 Å².